The summed E-state index contributed by atoms with van der Waals surface area (Å²) >= 11 is 0. The Morgan fingerprint density at radius 2 is 0.667 bits per heavy atom. The Morgan fingerprint density at radius 3 is 1.06 bits per heavy atom. The number of ether oxygens (including phenoxy) is 2. The van der Waals surface area contributed by atoms with Gasteiger partial charge in [0.1, 0.15) is 23.0 Å². The summed E-state index contributed by atoms with van der Waals surface area (Å²) in [5, 5.41) is 40.0. The molecule has 0 saturated carbocycles. The maximum absolute atomic E-state index is 10.5. The molecule has 6 nitrogen and oxygen atoms in total. The molecule has 0 aliphatic carbocycles. The lowest BCUT2D eigenvalue weighted by Gasteiger charge is -2.12. The van der Waals surface area contributed by atoms with Gasteiger partial charge in [-0.15, -0.1) is 0 Å². The molecule has 0 fully saturated rings. The van der Waals surface area contributed by atoms with E-state index in [2.05, 4.69) is 12.1 Å². The first-order valence-corrected chi connectivity index (χ1v) is 16.1. The van der Waals surface area contributed by atoms with E-state index >= 15 is 0 Å². The molecule has 48 heavy (non-hydrogen) atoms. The highest BCUT2D eigenvalue weighted by Crippen LogP contribution is 2.34. The predicted octanol–water partition coefficient (Wildman–Crippen LogP) is 9.45. The first-order chi connectivity index (χ1) is 23.4. The molecular weight excluding hydrogens is 600 g/mol. The third-order valence-electron chi connectivity index (χ3n) is 8.28. The number of hydrogen-bond acceptors (Lipinski definition) is 6. The Balaban J connectivity index is 1.05. The van der Waals surface area contributed by atoms with Crippen LogP contribution in [0.25, 0.3) is 0 Å². The van der Waals surface area contributed by atoms with Crippen molar-refractivity contribution in [1.82, 2.24) is 0 Å². The lowest BCUT2D eigenvalue weighted by Crippen LogP contribution is -1.95. The quantitative estimate of drug-likeness (QED) is 0.101. The van der Waals surface area contributed by atoms with Crippen molar-refractivity contribution in [3.8, 4) is 46.0 Å². The van der Waals surface area contributed by atoms with Gasteiger partial charge in [-0.2, -0.15) is 0 Å². The Labute approximate surface area is 280 Å². The largest absolute Gasteiger partial charge is 0.508 e. The van der Waals surface area contributed by atoms with Gasteiger partial charge < -0.3 is 29.9 Å². The van der Waals surface area contributed by atoms with E-state index in [0.717, 1.165) is 71.9 Å². The minimum absolute atomic E-state index is 0.0829. The molecule has 0 unspecified atom stereocenters. The molecule has 0 aliphatic heterocycles. The Morgan fingerprint density at radius 1 is 0.333 bits per heavy atom. The Kier molecular flexibility index (Phi) is 10.1. The van der Waals surface area contributed by atoms with Crippen molar-refractivity contribution in [1.29, 1.82) is 0 Å². The van der Waals surface area contributed by atoms with Gasteiger partial charge in [0.15, 0.2) is 23.0 Å². The molecule has 6 aromatic carbocycles. The molecular formula is C42H38O6. The zero-order valence-corrected chi connectivity index (χ0v) is 26.5. The van der Waals surface area contributed by atoms with Gasteiger partial charge in [0.05, 0.1) is 0 Å². The van der Waals surface area contributed by atoms with Gasteiger partial charge >= 0.3 is 0 Å². The Hall–Kier alpha value is -5.88. The minimum atomic E-state index is 0.0829. The van der Waals surface area contributed by atoms with E-state index in [9.17, 15) is 20.4 Å². The summed E-state index contributed by atoms with van der Waals surface area (Å²) in [5.41, 5.74) is 6.53. The van der Waals surface area contributed by atoms with Crippen LogP contribution in [0.1, 0.15) is 33.4 Å². The van der Waals surface area contributed by atoms with Crippen LogP contribution in [0, 0.1) is 0 Å². The van der Waals surface area contributed by atoms with Crippen molar-refractivity contribution in [3.05, 3.63) is 167 Å². The van der Waals surface area contributed by atoms with E-state index in [1.54, 1.807) is 36.4 Å². The molecule has 0 aromatic heterocycles. The SMILES string of the molecule is Oc1ccc(CCc2ccc(O)c(Oc3cccc(CCc4cccc(Oc5cc(CCc6ccc(O)cc6)ccc5O)c4)c3)c2)cc1. The van der Waals surface area contributed by atoms with Crippen molar-refractivity contribution in [2.24, 2.45) is 0 Å². The maximum atomic E-state index is 10.5. The molecule has 242 valence electrons. The zero-order valence-electron chi connectivity index (χ0n) is 26.5. The summed E-state index contributed by atoms with van der Waals surface area (Å²) in [7, 11) is 0. The van der Waals surface area contributed by atoms with E-state index in [1.807, 2.05) is 84.9 Å². The highest BCUT2D eigenvalue weighted by atomic mass is 16.5. The fourth-order valence-electron chi connectivity index (χ4n) is 5.57. The van der Waals surface area contributed by atoms with Gasteiger partial charge in [0.25, 0.3) is 0 Å². The van der Waals surface area contributed by atoms with Gasteiger partial charge in [-0.3, -0.25) is 0 Å². The van der Waals surface area contributed by atoms with Gasteiger partial charge in [-0.25, -0.2) is 0 Å². The summed E-state index contributed by atoms with van der Waals surface area (Å²) < 4.78 is 12.3. The summed E-state index contributed by atoms with van der Waals surface area (Å²) in [5.74, 6) is 2.79. The van der Waals surface area contributed by atoms with Gasteiger partial charge in [0, 0.05) is 0 Å². The Bertz CT molecular complexity index is 1820. The third-order valence-corrected chi connectivity index (χ3v) is 8.28. The third kappa shape index (κ3) is 8.89. The standard InChI is InChI=1S/C42H38O6/c43-35-19-13-29(14-20-35)7-9-33-17-23-39(45)41(27-33)47-37-5-1-3-31(25-37)11-12-32-4-2-6-38(26-32)48-42-28-34(18-24-40(42)46)10-8-30-15-21-36(44)22-16-30/h1-6,13-28,43-46H,7-12H2. The van der Waals surface area contributed by atoms with Gasteiger partial charge in [-0.05, 0) is 145 Å². The van der Waals surface area contributed by atoms with Crippen LogP contribution in [0.4, 0.5) is 0 Å². The van der Waals surface area contributed by atoms with E-state index in [1.165, 1.54) is 0 Å². The van der Waals surface area contributed by atoms with E-state index in [-0.39, 0.29) is 23.0 Å². The van der Waals surface area contributed by atoms with Crippen LogP contribution in [0.5, 0.6) is 46.0 Å². The molecule has 0 radical (unpaired) electrons. The lowest BCUT2D eigenvalue weighted by molar-refractivity contribution is 0.410. The smallest absolute Gasteiger partial charge is 0.169 e. The summed E-state index contributed by atoms with van der Waals surface area (Å²) in [4.78, 5) is 0. The van der Waals surface area contributed by atoms with Crippen LogP contribution in [-0.2, 0) is 38.5 Å². The van der Waals surface area contributed by atoms with Crippen LogP contribution in [0.2, 0.25) is 0 Å². The number of rotatable bonds is 13. The second-order valence-corrected chi connectivity index (χ2v) is 11.9. The normalized spacial score (nSPS) is 10.9. The van der Waals surface area contributed by atoms with Crippen molar-refractivity contribution < 1.29 is 29.9 Å². The highest BCUT2D eigenvalue weighted by molar-refractivity contribution is 5.47. The monoisotopic (exact) mass is 638 g/mol. The summed E-state index contributed by atoms with van der Waals surface area (Å²) in [6.45, 7) is 0. The van der Waals surface area contributed by atoms with Crippen molar-refractivity contribution in [2.75, 3.05) is 0 Å². The molecule has 0 spiro atoms. The molecule has 0 bridgehead atoms. The van der Waals surface area contributed by atoms with Crippen LogP contribution in [-0.4, -0.2) is 20.4 Å². The van der Waals surface area contributed by atoms with E-state index in [0.29, 0.717) is 23.0 Å². The highest BCUT2D eigenvalue weighted by Gasteiger charge is 2.10. The average Bonchev–Trinajstić information content (AvgIpc) is 3.10. The molecule has 0 aliphatic rings. The molecule has 0 amide bonds. The molecule has 6 heteroatoms. The zero-order chi connectivity index (χ0) is 33.3. The van der Waals surface area contributed by atoms with Crippen LogP contribution in [0.3, 0.4) is 0 Å². The number of phenols is 4. The molecule has 4 N–H and O–H groups in total. The van der Waals surface area contributed by atoms with E-state index in [4.69, 9.17) is 9.47 Å². The number of aromatic hydroxyl groups is 4. The fraction of sp³-hybridized carbons (Fsp3) is 0.143. The van der Waals surface area contributed by atoms with Crippen LogP contribution in [0.15, 0.2) is 133 Å². The maximum Gasteiger partial charge on any atom is 0.169 e. The van der Waals surface area contributed by atoms with Gasteiger partial charge in [-0.1, -0.05) is 60.7 Å². The number of hydrogen-bond donors (Lipinski definition) is 4. The first-order valence-electron chi connectivity index (χ1n) is 16.1. The fourth-order valence-corrected chi connectivity index (χ4v) is 5.57. The first kappa shape index (κ1) is 32.1. The molecule has 0 heterocycles. The van der Waals surface area contributed by atoms with Crippen molar-refractivity contribution in [3.63, 3.8) is 0 Å². The minimum Gasteiger partial charge on any atom is -0.508 e. The number of phenolic OH excluding ortho intramolecular Hbond substituents is 4. The predicted molar refractivity (Wildman–Crippen MR) is 188 cm³/mol. The second-order valence-electron chi connectivity index (χ2n) is 11.9. The topological polar surface area (TPSA) is 99.4 Å². The van der Waals surface area contributed by atoms with Gasteiger partial charge in [0.2, 0.25) is 0 Å². The molecule has 6 rings (SSSR count). The number of benzene rings is 6. The lowest BCUT2D eigenvalue weighted by atomic mass is 10.0. The van der Waals surface area contributed by atoms with Crippen molar-refractivity contribution in [2.45, 2.75) is 38.5 Å². The summed E-state index contributed by atoms with van der Waals surface area (Å²) in [6.07, 6.45) is 4.71. The molecule has 0 saturated heterocycles. The van der Waals surface area contributed by atoms with Crippen LogP contribution >= 0.6 is 0 Å². The average molecular weight is 639 g/mol. The molecule has 0 atom stereocenters. The van der Waals surface area contributed by atoms with Crippen LogP contribution < -0.4 is 9.47 Å². The summed E-state index contributed by atoms with van der Waals surface area (Å²) in [6, 6.07) is 41.0. The molecule has 6 aromatic rings. The number of aryl methyl sites for hydroxylation is 6. The van der Waals surface area contributed by atoms with Crippen molar-refractivity contribution >= 4 is 0 Å². The second kappa shape index (κ2) is 15.1. The van der Waals surface area contributed by atoms with E-state index < -0.39 is 0 Å².